The summed E-state index contributed by atoms with van der Waals surface area (Å²) in [5.41, 5.74) is 8.29. The summed E-state index contributed by atoms with van der Waals surface area (Å²) in [6.45, 7) is 4.27. The normalized spacial score (nSPS) is 12.6. The lowest BCUT2D eigenvalue weighted by atomic mass is 10.1. The van der Waals surface area contributed by atoms with Crippen LogP contribution in [0.25, 0.3) is 11.4 Å². The zero-order chi connectivity index (χ0) is 13.7. The van der Waals surface area contributed by atoms with Crippen LogP contribution in [0.4, 0.5) is 0 Å². The second-order valence-electron chi connectivity index (χ2n) is 4.76. The van der Waals surface area contributed by atoms with Crippen molar-refractivity contribution in [3.63, 3.8) is 0 Å². The Hall–Kier alpha value is -1.68. The number of aryl methyl sites for hydroxylation is 1. The Labute approximate surface area is 114 Å². The van der Waals surface area contributed by atoms with Crippen molar-refractivity contribution in [1.29, 1.82) is 0 Å². The van der Waals surface area contributed by atoms with Crippen molar-refractivity contribution in [3.05, 3.63) is 35.7 Å². The summed E-state index contributed by atoms with van der Waals surface area (Å²) < 4.78 is 5.25. The number of hydrogen-bond acceptors (Lipinski definition) is 4. The zero-order valence-electron chi connectivity index (χ0n) is 11.6. The SMILES string of the molecule is CCCC[C@H](N)c1nc(-c2ccc(CC)cc2)no1. The number of rotatable bonds is 6. The standard InChI is InChI=1S/C15H21N3O/c1-3-5-6-13(16)15-17-14(18-19-15)12-9-7-11(4-2)8-10-12/h7-10,13H,3-6,16H2,1-2H3/t13-/m0/s1. The minimum Gasteiger partial charge on any atom is -0.337 e. The molecule has 1 atom stereocenters. The number of aromatic nitrogens is 2. The van der Waals surface area contributed by atoms with E-state index in [-0.39, 0.29) is 6.04 Å². The monoisotopic (exact) mass is 259 g/mol. The first-order chi connectivity index (χ1) is 9.24. The zero-order valence-corrected chi connectivity index (χ0v) is 11.6. The molecule has 0 spiro atoms. The molecule has 1 aromatic heterocycles. The lowest BCUT2D eigenvalue weighted by Crippen LogP contribution is -2.10. The first-order valence-electron chi connectivity index (χ1n) is 6.93. The lowest BCUT2D eigenvalue weighted by molar-refractivity contribution is 0.346. The van der Waals surface area contributed by atoms with Gasteiger partial charge in [-0.15, -0.1) is 0 Å². The van der Waals surface area contributed by atoms with Gasteiger partial charge in [-0.25, -0.2) is 0 Å². The van der Waals surface area contributed by atoms with E-state index in [2.05, 4.69) is 36.1 Å². The van der Waals surface area contributed by atoms with Crippen LogP contribution in [0.1, 0.15) is 50.6 Å². The molecule has 4 heteroatoms. The smallest absolute Gasteiger partial charge is 0.243 e. The molecule has 1 aromatic carbocycles. The van der Waals surface area contributed by atoms with Gasteiger partial charge in [-0.05, 0) is 18.4 Å². The average molecular weight is 259 g/mol. The van der Waals surface area contributed by atoms with E-state index in [1.54, 1.807) is 0 Å². The van der Waals surface area contributed by atoms with Crippen molar-refractivity contribution in [3.8, 4) is 11.4 Å². The molecular formula is C15H21N3O. The Balaban J connectivity index is 2.11. The van der Waals surface area contributed by atoms with Crippen molar-refractivity contribution >= 4 is 0 Å². The maximum Gasteiger partial charge on any atom is 0.243 e. The molecule has 2 rings (SSSR count). The summed E-state index contributed by atoms with van der Waals surface area (Å²) in [5, 5.41) is 4.00. The van der Waals surface area contributed by atoms with Gasteiger partial charge in [-0.3, -0.25) is 0 Å². The van der Waals surface area contributed by atoms with Gasteiger partial charge in [0, 0.05) is 5.56 Å². The second-order valence-corrected chi connectivity index (χ2v) is 4.76. The molecule has 0 aliphatic rings. The molecule has 0 fully saturated rings. The Kier molecular flexibility index (Phi) is 4.68. The van der Waals surface area contributed by atoms with E-state index in [9.17, 15) is 0 Å². The molecule has 0 radical (unpaired) electrons. The van der Waals surface area contributed by atoms with Gasteiger partial charge < -0.3 is 10.3 Å². The van der Waals surface area contributed by atoms with Crippen LogP contribution < -0.4 is 5.73 Å². The molecule has 0 bridgehead atoms. The van der Waals surface area contributed by atoms with Crippen molar-refractivity contribution in [2.24, 2.45) is 5.73 Å². The van der Waals surface area contributed by atoms with E-state index < -0.39 is 0 Å². The van der Waals surface area contributed by atoms with Gasteiger partial charge in [0.15, 0.2) is 0 Å². The Morgan fingerprint density at radius 3 is 2.58 bits per heavy atom. The maximum atomic E-state index is 6.02. The van der Waals surface area contributed by atoms with Gasteiger partial charge in [-0.1, -0.05) is 56.1 Å². The topological polar surface area (TPSA) is 64.9 Å². The molecule has 102 valence electrons. The van der Waals surface area contributed by atoms with Crippen molar-refractivity contribution < 1.29 is 4.52 Å². The molecule has 2 N–H and O–H groups in total. The van der Waals surface area contributed by atoms with Crippen molar-refractivity contribution in [2.45, 2.75) is 45.6 Å². The number of benzene rings is 1. The molecule has 0 aliphatic heterocycles. The minimum atomic E-state index is -0.156. The quantitative estimate of drug-likeness (QED) is 0.862. The van der Waals surface area contributed by atoms with Crippen LogP contribution in [0.15, 0.2) is 28.8 Å². The van der Waals surface area contributed by atoms with E-state index >= 15 is 0 Å². The lowest BCUT2D eigenvalue weighted by Gasteiger charge is -2.03. The first kappa shape index (κ1) is 13.7. The van der Waals surface area contributed by atoms with Crippen molar-refractivity contribution in [2.75, 3.05) is 0 Å². The maximum absolute atomic E-state index is 6.02. The van der Waals surface area contributed by atoms with Gasteiger partial charge in [0.25, 0.3) is 0 Å². The van der Waals surface area contributed by atoms with Gasteiger partial charge in [-0.2, -0.15) is 4.98 Å². The average Bonchev–Trinajstić information content (AvgIpc) is 2.94. The van der Waals surface area contributed by atoms with Gasteiger partial charge in [0.1, 0.15) is 0 Å². The fraction of sp³-hybridized carbons (Fsp3) is 0.467. The molecule has 2 aromatic rings. The fourth-order valence-electron chi connectivity index (χ4n) is 1.94. The summed E-state index contributed by atoms with van der Waals surface area (Å²) in [6, 6.07) is 8.05. The molecule has 1 heterocycles. The molecule has 0 unspecified atom stereocenters. The highest BCUT2D eigenvalue weighted by molar-refractivity contribution is 5.54. The third-order valence-corrected chi connectivity index (χ3v) is 3.25. The summed E-state index contributed by atoms with van der Waals surface area (Å²) in [6.07, 6.45) is 4.10. The van der Waals surface area contributed by atoms with Crippen molar-refractivity contribution in [1.82, 2.24) is 10.1 Å². The molecule has 4 nitrogen and oxygen atoms in total. The van der Waals surface area contributed by atoms with E-state index in [0.717, 1.165) is 31.2 Å². The van der Waals surface area contributed by atoms with Crippen LogP contribution in [0, 0.1) is 0 Å². The van der Waals surface area contributed by atoms with Gasteiger partial charge >= 0.3 is 0 Å². The molecule has 0 saturated carbocycles. The highest BCUT2D eigenvalue weighted by Gasteiger charge is 2.15. The van der Waals surface area contributed by atoms with Crippen LogP contribution in [-0.4, -0.2) is 10.1 Å². The number of unbranched alkanes of at least 4 members (excludes halogenated alkanes) is 1. The third kappa shape index (κ3) is 3.41. The van der Waals surface area contributed by atoms with Crippen LogP contribution >= 0.6 is 0 Å². The van der Waals surface area contributed by atoms with Crippen LogP contribution in [0.5, 0.6) is 0 Å². The van der Waals surface area contributed by atoms with Crippen LogP contribution in [-0.2, 0) is 6.42 Å². The van der Waals surface area contributed by atoms with E-state index in [1.165, 1.54) is 5.56 Å². The van der Waals surface area contributed by atoms with Crippen LogP contribution in [0.2, 0.25) is 0 Å². The molecule has 0 amide bonds. The number of nitrogens with two attached hydrogens (primary N) is 1. The van der Waals surface area contributed by atoms with E-state index in [1.807, 2.05) is 12.1 Å². The summed E-state index contributed by atoms with van der Waals surface area (Å²) in [7, 11) is 0. The Bertz CT molecular complexity index is 504. The molecular weight excluding hydrogens is 238 g/mol. The largest absolute Gasteiger partial charge is 0.337 e. The predicted octanol–water partition coefficient (Wildman–Crippen LogP) is 3.49. The number of nitrogens with zero attached hydrogens (tertiary/aromatic N) is 2. The molecule has 19 heavy (non-hydrogen) atoms. The highest BCUT2D eigenvalue weighted by atomic mass is 16.5. The third-order valence-electron chi connectivity index (χ3n) is 3.25. The summed E-state index contributed by atoms with van der Waals surface area (Å²) >= 11 is 0. The molecule has 0 saturated heterocycles. The summed E-state index contributed by atoms with van der Waals surface area (Å²) in [5.74, 6) is 1.15. The Morgan fingerprint density at radius 2 is 1.95 bits per heavy atom. The number of hydrogen-bond donors (Lipinski definition) is 1. The molecule has 0 aliphatic carbocycles. The minimum absolute atomic E-state index is 0.156. The van der Waals surface area contributed by atoms with Gasteiger partial charge in [0.2, 0.25) is 11.7 Å². The van der Waals surface area contributed by atoms with E-state index in [0.29, 0.717) is 11.7 Å². The summed E-state index contributed by atoms with van der Waals surface area (Å²) in [4.78, 5) is 4.39. The second kappa shape index (κ2) is 6.48. The first-order valence-corrected chi connectivity index (χ1v) is 6.93. The van der Waals surface area contributed by atoms with Gasteiger partial charge in [0.05, 0.1) is 6.04 Å². The highest BCUT2D eigenvalue weighted by Crippen LogP contribution is 2.20. The van der Waals surface area contributed by atoms with E-state index in [4.69, 9.17) is 10.3 Å². The fourth-order valence-corrected chi connectivity index (χ4v) is 1.94. The van der Waals surface area contributed by atoms with Crippen LogP contribution in [0.3, 0.4) is 0 Å². The predicted molar refractivity (Wildman–Crippen MR) is 75.6 cm³/mol. The Morgan fingerprint density at radius 1 is 1.21 bits per heavy atom.